The predicted molar refractivity (Wildman–Crippen MR) is 151 cm³/mol. The van der Waals surface area contributed by atoms with Gasteiger partial charge in [-0.25, -0.2) is 21.6 Å². The van der Waals surface area contributed by atoms with Crippen LogP contribution in [0, 0.1) is 17.5 Å². The van der Waals surface area contributed by atoms with Crippen molar-refractivity contribution in [3.05, 3.63) is 90.2 Å². The van der Waals surface area contributed by atoms with E-state index in [9.17, 15) is 26.4 Å². The summed E-state index contributed by atoms with van der Waals surface area (Å²) in [6.45, 7) is -0.433. The van der Waals surface area contributed by atoms with E-state index in [1.165, 1.54) is 0 Å². The second kappa shape index (κ2) is 15.2. The molecule has 42 heavy (non-hydrogen) atoms. The molecule has 3 rings (SSSR count). The lowest BCUT2D eigenvalue weighted by Gasteiger charge is -2.39. The van der Waals surface area contributed by atoms with Crippen LogP contribution in [0.1, 0.15) is 44.9 Å². The van der Waals surface area contributed by atoms with Crippen molar-refractivity contribution in [1.82, 2.24) is 0 Å². The first-order chi connectivity index (χ1) is 19.9. The van der Waals surface area contributed by atoms with Crippen LogP contribution in [0.4, 0.5) is 22.0 Å². The lowest BCUT2D eigenvalue weighted by Crippen LogP contribution is -2.41. The van der Waals surface area contributed by atoms with Crippen LogP contribution in [0.2, 0.25) is 0 Å². The molecule has 0 spiro atoms. The van der Waals surface area contributed by atoms with Crippen molar-refractivity contribution < 1.29 is 43.5 Å². The molecule has 5 nitrogen and oxygen atoms in total. The highest BCUT2D eigenvalue weighted by atomic mass is 35.5. The average Bonchev–Trinajstić information content (AvgIpc) is 2.96. The monoisotopic (exact) mass is 652 g/mol. The summed E-state index contributed by atoms with van der Waals surface area (Å²) in [6, 6.07) is 12.4. The van der Waals surface area contributed by atoms with Gasteiger partial charge in [-0.2, -0.15) is 17.2 Å². The molecule has 0 aliphatic heterocycles. The Labute approximate surface area is 248 Å². The summed E-state index contributed by atoms with van der Waals surface area (Å²) < 4.78 is 108. The standard InChI is InChI=1S/C29H30ClF5O5S2/c30-20-6-4-2-1-3-5-7-21-39-28(36)29(34,35)42(37,38)40-41(25-14-8-22(31)9-15-25,26-16-10-23(32)11-17-26)27-18-12-24(33)13-19-27/h8-19H,1-7,20-21H2. The Morgan fingerprint density at radius 3 is 1.38 bits per heavy atom. The molecule has 0 N–H and O–H groups in total. The van der Waals surface area contributed by atoms with Crippen molar-refractivity contribution in [3.8, 4) is 0 Å². The second-order valence-corrected chi connectivity index (χ2v) is 14.1. The molecule has 3 aromatic rings. The fourth-order valence-corrected chi connectivity index (χ4v) is 9.20. The van der Waals surface area contributed by atoms with E-state index in [0.717, 1.165) is 105 Å². The molecule has 0 radical (unpaired) electrons. The number of carbonyl (C=O) groups excluding carboxylic acids is 1. The van der Waals surface area contributed by atoms with Crippen LogP contribution in [0.25, 0.3) is 0 Å². The van der Waals surface area contributed by atoms with Gasteiger partial charge in [-0.05, 0) is 95.9 Å². The maximum atomic E-state index is 15.2. The molecular weight excluding hydrogens is 623 g/mol. The third-order valence-corrected chi connectivity index (χ3v) is 11.6. The van der Waals surface area contributed by atoms with Crippen LogP contribution >= 0.6 is 21.9 Å². The van der Waals surface area contributed by atoms with Crippen molar-refractivity contribution in [3.63, 3.8) is 0 Å². The first-order valence-electron chi connectivity index (χ1n) is 13.1. The second-order valence-electron chi connectivity index (χ2n) is 9.26. The smallest absolute Gasteiger partial charge is 0.460 e. The summed E-state index contributed by atoms with van der Waals surface area (Å²) in [5.74, 6) is -3.92. The minimum atomic E-state index is -6.11. The largest absolute Gasteiger partial charge is 0.466 e. The molecule has 0 unspecified atom stereocenters. The van der Waals surface area contributed by atoms with Gasteiger partial charge in [0.15, 0.2) is 0 Å². The predicted octanol–water partition coefficient (Wildman–Crippen LogP) is 8.75. The summed E-state index contributed by atoms with van der Waals surface area (Å²) in [7, 11) is -9.90. The van der Waals surface area contributed by atoms with E-state index in [0.29, 0.717) is 12.3 Å². The Morgan fingerprint density at radius 1 is 0.643 bits per heavy atom. The Morgan fingerprint density at radius 2 is 1.00 bits per heavy atom. The molecule has 0 aliphatic rings. The molecule has 13 heteroatoms. The van der Waals surface area contributed by atoms with Gasteiger partial charge < -0.3 is 4.74 Å². The SMILES string of the molecule is O=C(OCCCCCCCCCCl)C(F)(F)S(=O)(=O)OS(c1ccc(F)cc1)(c1ccc(F)cc1)c1ccc(F)cc1. The number of hydrogen-bond donors (Lipinski definition) is 0. The number of ether oxygens (including phenoxy) is 1. The van der Waals surface area contributed by atoms with E-state index < -0.39 is 55.7 Å². The van der Waals surface area contributed by atoms with Gasteiger partial charge in [-0.3, -0.25) is 0 Å². The van der Waals surface area contributed by atoms with E-state index in [2.05, 4.69) is 4.74 Å². The Hall–Kier alpha value is -2.67. The number of benzene rings is 3. The molecule has 0 aromatic heterocycles. The first-order valence-corrected chi connectivity index (χ1v) is 16.6. The number of alkyl halides is 3. The third-order valence-electron chi connectivity index (χ3n) is 6.19. The zero-order chi connectivity index (χ0) is 30.8. The zero-order valence-electron chi connectivity index (χ0n) is 22.4. The fourth-order valence-electron chi connectivity index (χ4n) is 4.01. The van der Waals surface area contributed by atoms with Crippen LogP contribution in [-0.2, 0) is 23.3 Å². The van der Waals surface area contributed by atoms with Crippen LogP contribution < -0.4 is 0 Å². The number of halogens is 6. The van der Waals surface area contributed by atoms with Gasteiger partial charge in [0.05, 0.1) is 6.61 Å². The van der Waals surface area contributed by atoms with Crippen molar-refractivity contribution in [1.29, 1.82) is 0 Å². The van der Waals surface area contributed by atoms with Crippen LogP contribution in [0.3, 0.4) is 0 Å². The van der Waals surface area contributed by atoms with Gasteiger partial charge >= 0.3 is 21.3 Å². The first kappa shape index (κ1) is 33.8. The summed E-state index contributed by atoms with van der Waals surface area (Å²) in [5, 5.41) is -5.15. The van der Waals surface area contributed by atoms with E-state index in [1.54, 1.807) is 0 Å². The molecular formula is C29H30ClF5O5S2. The number of unbranched alkanes of at least 4 members (excludes halogenated alkanes) is 6. The van der Waals surface area contributed by atoms with Crippen molar-refractivity contribution in [2.45, 2.75) is 64.9 Å². The molecule has 3 aromatic carbocycles. The van der Waals surface area contributed by atoms with Crippen LogP contribution in [0.5, 0.6) is 0 Å². The van der Waals surface area contributed by atoms with E-state index in [-0.39, 0.29) is 21.1 Å². The van der Waals surface area contributed by atoms with Gasteiger partial charge in [0.1, 0.15) is 17.5 Å². The number of rotatable bonds is 16. The number of esters is 1. The molecule has 0 aliphatic carbocycles. The Bertz CT molecular complexity index is 1290. The van der Waals surface area contributed by atoms with E-state index in [1.807, 2.05) is 0 Å². The van der Waals surface area contributed by atoms with Crippen molar-refractivity contribution in [2.75, 3.05) is 12.5 Å². The fraction of sp³-hybridized carbons (Fsp3) is 0.345. The number of carbonyl (C=O) groups is 1. The molecule has 0 bridgehead atoms. The Balaban J connectivity index is 1.92. The van der Waals surface area contributed by atoms with Gasteiger partial charge in [0, 0.05) is 20.6 Å². The van der Waals surface area contributed by atoms with Crippen LogP contribution in [0.15, 0.2) is 87.5 Å². The molecule has 0 saturated heterocycles. The maximum Gasteiger partial charge on any atom is 0.466 e. The molecule has 0 atom stereocenters. The summed E-state index contributed by atoms with van der Waals surface area (Å²) in [5.41, 5.74) is 0. The van der Waals surface area contributed by atoms with E-state index in [4.69, 9.17) is 15.2 Å². The number of hydrogen-bond acceptors (Lipinski definition) is 5. The van der Waals surface area contributed by atoms with Gasteiger partial charge in [0.2, 0.25) is 0 Å². The normalized spacial score (nSPS) is 12.7. The molecule has 0 fully saturated rings. The summed E-state index contributed by atoms with van der Waals surface area (Å²) in [6.07, 6.45) is 5.32. The minimum Gasteiger partial charge on any atom is -0.460 e. The lowest BCUT2D eigenvalue weighted by atomic mass is 10.1. The highest BCUT2D eigenvalue weighted by molar-refractivity contribution is 8.33. The third kappa shape index (κ3) is 8.24. The zero-order valence-corrected chi connectivity index (χ0v) is 24.8. The van der Waals surface area contributed by atoms with Crippen LogP contribution in [-0.4, -0.2) is 32.1 Å². The summed E-state index contributed by atoms with van der Waals surface area (Å²) >= 11 is 5.63. The maximum absolute atomic E-state index is 15.2. The summed E-state index contributed by atoms with van der Waals surface area (Å²) in [4.78, 5) is 12.1. The van der Waals surface area contributed by atoms with Gasteiger partial charge in [-0.15, -0.1) is 11.6 Å². The van der Waals surface area contributed by atoms with Gasteiger partial charge in [-0.1, -0.05) is 32.1 Å². The highest BCUT2D eigenvalue weighted by Crippen LogP contribution is 2.70. The van der Waals surface area contributed by atoms with E-state index >= 15 is 8.78 Å². The highest BCUT2D eigenvalue weighted by Gasteiger charge is 2.59. The topological polar surface area (TPSA) is 69.7 Å². The Kier molecular flexibility index (Phi) is 12.2. The van der Waals surface area contributed by atoms with Crippen molar-refractivity contribution >= 4 is 38.0 Å². The quantitative estimate of drug-likeness (QED) is 0.0670. The molecule has 0 heterocycles. The van der Waals surface area contributed by atoms with Gasteiger partial charge in [0.25, 0.3) is 0 Å². The average molecular weight is 653 g/mol. The molecule has 230 valence electrons. The minimum absolute atomic E-state index is 0.0964. The van der Waals surface area contributed by atoms with Crippen molar-refractivity contribution in [2.24, 2.45) is 0 Å². The molecule has 0 amide bonds. The lowest BCUT2D eigenvalue weighted by molar-refractivity contribution is -0.161. The molecule has 0 saturated carbocycles.